The van der Waals surface area contributed by atoms with Crippen molar-refractivity contribution in [3.63, 3.8) is 0 Å². The second-order valence-electron chi connectivity index (χ2n) is 7.03. The number of esters is 2. The summed E-state index contributed by atoms with van der Waals surface area (Å²) in [5, 5.41) is 22.5. The highest BCUT2D eigenvalue weighted by Gasteiger charge is 2.29. The Balaban J connectivity index is 1.89. The summed E-state index contributed by atoms with van der Waals surface area (Å²) < 4.78 is 11.5. The standard InChI is InChI=1S/C22H14I3N3O8/c23-17-15(21(29)35-9-11-5-1-3-7-13(11)27(31)32)18(24)20(26)19(25)16(17)22(30)36-10-12-6-2-4-8-14(12)28(33)34/h1-8H,9-10,26H2. The number of benzene rings is 3. The Morgan fingerprint density at radius 2 is 1.08 bits per heavy atom. The third kappa shape index (κ3) is 6.02. The molecule has 0 saturated heterocycles. The van der Waals surface area contributed by atoms with Crippen LogP contribution in [0.3, 0.4) is 0 Å². The van der Waals surface area contributed by atoms with Crippen LogP contribution in [0.15, 0.2) is 48.5 Å². The van der Waals surface area contributed by atoms with Crippen LogP contribution >= 0.6 is 67.8 Å². The molecule has 0 bridgehead atoms. The fourth-order valence-electron chi connectivity index (χ4n) is 3.09. The molecule has 3 aromatic carbocycles. The van der Waals surface area contributed by atoms with Crippen LogP contribution in [0.4, 0.5) is 17.1 Å². The molecule has 0 aliphatic heterocycles. The average Bonchev–Trinajstić information content (AvgIpc) is 2.85. The second-order valence-corrected chi connectivity index (χ2v) is 10.3. The van der Waals surface area contributed by atoms with E-state index in [9.17, 15) is 29.8 Å². The zero-order valence-corrected chi connectivity index (χ0v) is 24.4. The largest absolute Gasteiger partial charge is 0.457 e. The van der Waals surface area contributed by atoms with Crippen LogP contribution in [0.5, 0.6) is 0 Å². The van der Waals surface area contributed by atoms with Crippen molar-refractivity contribution in [2.75, 3.05) is 5.73 Å². The molecule has 0 radical (unpaired) electrons. The number of carbonyl (C=O) groups excluding carboxylic acids is 2. The van der Waals surface area contributed by atoms with Gasteiger partial charge in [0.1, 0.15) is 13.2 Å². The average molecular weight is 829 g/mol. The second kappa shape index (κ2) is 12.1. The topological polar surface area (TPSA) is 165 Å². The molecular weight excluding hydrogens is 815 g/mol. The number of anilines is 1. The molecule has 0 atom stereocenters. The highest BCUT2D eigenvalue weighted by Crippen LogP contribution is 2.35. The van der Waals surface area contributed by atoms with Crippen molar-refractivity contribution in [3.8, 4) is 0 Å². The van der Waals surface area contributed by atoms with Gasteiger partial charge >= 0.3 is 11.9 Å². The van der Waals surface area contributed by atoms with Gasteiger partial charge in [-0.1, -0.05) is 24.3 Å². The van der Waals surface area contributed by atoms with Crippen molar-refractivity contribution in [2.45, 2.75) is 13.2 Å². The fraction of sp³-hybridized carbons (Fsp3) is 0.0909. The van der Waals surface area contributed by atoms with Crippen LogP contribution in [-0.2, 0) is 22.7 Å². The summed E-state index contributed by atoms with van der Waals surface area (Å²) in [4.78, 5) is 47.3. The lowest BCUT2D eigenvalue weighted by molar-refractivity contribution is -0.386. The lowest BCUT2D eigenvalue weighted by Gasteiger charge is -2.16. The number of hydrogen-bond acceptors (Lipinski definition) is 9. The normalized spacial score (nSPS) is 10.5. The van der Waals surface area contributed by atoms with Gasteiger partial charge in [-0.2, -0.15) is 0 Å². The number of para-hydroxylation sites is 2. The minimum absolute atomic E-state index is 0.00495. The third-order valence-electron chi connectivity index (χ3n) is 4.85. The Bertz CT molecular complexity index is 1300. The Hall–Kier alpha value is -2.61. The van der Waals surface area contributed by atoms with Crippen LogP contribution in [0.1, 0.15) is 31.8 Å². The van der Waals surface area contributed by atoms with Gasteiger partial charge in [0.05, 0.1) is 44.9 Å². The van der Waals surface area contributed by atoms with E-state index in [0.29, 0.717) is 7.14 Å². The molecule has 0 heterocycles. The van der Waals surface area contributed by atoms with E-state index in [1.807, 2.05) is 45.2 Å². The lowest BCUT2D eigenvalue weighted by atomic mass is 10.1. The number of nitrogens with two attached hydrogens (primary N) is 1. The molecule has 14 heteroatoms. The Morgan fingerprint density at radius 1 is 0.722 bits per heavy atom. The Morgan fingerprint density at radius 3 is 1.44 bits per heavy atom. The molecule has 186 valence electrons. The maximum Gasteiger partial charge on any atom is 0.340 e. The van der Waals surface area contributed by atoms with Crippen LogP contribution in [0.25, 0.3) is 0 Å². The zero-order chi connectivity index (χ0) is 26.6. The van der Waals surface area contributed by atoms with E-state index in [2.05, 4.69) is 0 Å². The highest BCUT2D eigenvalue weighted by atomic mass is 127. The first kappa shape index (κ1) is 28.0. The van der Waals surface area contributed by atoms with Crippen LogP contribution in [0.2, 0.25) is 0 Å². The predicted octanol–water partition coefficient (Wildman–Crippen LogP) is 5.61. The van der Waals surface area contributed by atoms with Crippen molar-refractivity contribution in [2.24, 2.45) is 0 Å². The summed E-state index contributed by atoms with van der Waals surface area (Å²) in [7, 11) is 0. The van der Waals surface area contributed by atoms with Gasteiger partial charge in [0.15, 0.2) is 0 Å². The quantitative estimate of drug-likeness (QED) is 0.0999. The van der Waals surface area contributed by atoms with E-state index in [0.717, 1.165) is 0 Å². The Kier molecular flexibility index (Phi) is 9.39. The third-order valence-corrected chi connectivity index (χ3v) is 8.17. The number of nitrogen functional groups attached to an aromatic ring is 1. The van der Waals surface area contributed by atoms with Gasteiger partial charge < -0.3 is 15.2 Å². The lowest BCUT2D eigenvalue weighted by Crippen LogP contribution is -2.18. The van der Waals surface area contributed by atoms with Crippen molar-refractivity contribution in [3.05, 3.63) is 102 Å². The molecule has 0 aliphatic carbocycles. The maximum absolute atomic E-state index is 13.0. The van der Waals surface area contributed by atoms with Crippen LogP contribution in [-0.4, -0.2) is 21.8 Å². The number of carbonyl (C=O) groups is 2. The number of hydrogen-bond donors (Lipinski definition) is 1. The summed E-state index contributed by atoms with van der Waals surface area (Å²) in [6.07, 6.45) is 0. The first-order valence-corrected chi connectivity index (χ1v) is 13.0. The van der Waals surface area contributed by atoms with Gasteiger partial charge in [-0.05, 0) is 79.9 Å². The van der Waals surface area contributed by atoms with Crippen LogP contribution < -0.4 is 5.73 Å². The molecule has 0 amide bonds. The van der Waals surface area contributed by atoms with Gasteiger partial charge in [0.2, 0.25) is 0 Å². The molecule has 3 rings (SSSR count). The molecule has 36 heavy (non-hydrogen) atoms. The van der Waals surface area contributed by atoms with Gasteiger partial charge in [-0.3, -0.25) is 20.2 Å². The zero-order valence-electron chi connectivity index (χ0n) is 17.9. The van der Waals surface area contributed by atoms with Crippen molar-refractivity contribution < 1.29 is 28.9 Å². The summed E-state index contributed by atoms with van der Waals surface area (Å²) in [6.45, 7) is -0.739. The maximum atomic E-state index is 13.0. The number of nitrogens with zero attached hydrogens (tertiary/aromatic N) is 2. The monoisotopic (exact) mass is 829 g/mol. The first-order valence-electron chi connectivity index (χ1n) is 9.79. The van der Waals surface area contributed by atoms with E-state index < -0.39 is 21.8 Å². The number of rotatable bonds is 8. The fourth-order valence-corrected chi connectivity index (χ4v) is 7.14. The summed E-state index contributed by atoms with van der Waals surface area (Å²) in [5.74, 6) is -1.67. The molecular formula is C22H14I3N3O8. The molecule has 0 spiro atoms. The number of nitro groups is 2. The molecule has 0 fully saturated rings. The van der Waals surface area contributed by atoms with Crippen LogP contribution in [0, 0.1) is 30.9 Å². The van der Waals surface area contributed by atoms with Gasteiger partial charge in [-0.15, -0.1) is 0 Å². The Labute approximate surface area is 244 Å². The highest BCUT2D eigenvalue weighted by molar-refractivity contribution is 14.1. The molecule has 0 aliphatic rings. The van der Waals surface area contributed by atoms with Crippen molar-refractivity contribution in [1.82, 2.24) is 0 Å². The van der Waals surface area contributed by atoms with Crippen molar-refractivity contribution >= 4 is 96.8 Å². The summed E-state index contributed by atoms with van der Waals surface area (Å²) in [5.41, 5.74) is 6.31. The molecule has 0 unspecified atom stereocenters. The molecule has 0 aromatic heterocycles. The molecule has 0 saturated carbocycles. The van der Waals surface area contributed by atoms with Gasteiger partial charge in [0, 0.05) is 15.7 Å². The molecule has 11 nitrogen and oxygen atoms in total. The molecule has 3 aromatic rings. The van der Waals surface area contributed by atoms with Gasteiger partial charge in [0.25, 0.3) is 11.4 Å². The summed E-state index contributed by atoms with van der Waals surface area (Å²) >= 11 is 5.51. The van der Waals surface area contributed by atoms with E-state index >= 15 is 0 Å². The number of nitro benzene ring substituents is 2. The minimum Gasteiger partial charge on any atom is -0.457 e. The first-order chi connectivity index (χ1) is 17.0. The van der Waals surface area contributed by atoms with E-state index in [-0.39, 0.29) is 56.1 Å². The smallest absolute Gasteiger partial charge is 0.340 e. The summed E-state index contributed by atoms with van der Waals surface area (Å²) in [6, 6.07) is 11.7. The van der Waals surface area contributed by atoms with Crippen molar-refractivity contribution in [1.29, 1.82) is 0 Å². The SMILES string of the molecule is Nc1c(I)c(C(=O)OCc2ccccc2[N+](=O)[O-])c(I)c(C(=O)OCc2ccccc2[N+](=O)[O-])c1I. The minimum atomic E-state index is -0.835. The van der Waals surface area contributed by atoms with E-state index in [1.165, 1.54) is 36.4 Å². The van der Waals surface area contributed by atoms with Gasteiger partial charge in [-0.25, -0.2) is 9.59 Å². The molecule has 2 N–H and O–H groups in total. The predicted molar refractivity (Wildman–Crippen MR) is 153 cm³/mol. The van der Waals surface area contributed by atoms with E-state index in [1.54, 1.807) is 34.7 Å². The van der Waals surface area contributed by atoms with E-state index in [4.69, 9.17) is 15.2 Å². The number of halogens is 3. The number of ether oxygens (including phenoxy) is 2.